The average molecular weight is 831 g/mol. The van der Waals surface area contributed by atoms with Crippen LogP contribution < -0.4 is 0 Å². The first-order valence-corrected chi connectivity index (χ1v) is 22.4. The number of pyridine rings is 1. The van der Waals surface area contributed by atoms with Crippen molar-refractivity contribution >= 4 is 65.4 Å². The van der Waals surface area contributed by atoms with Crippen LogP contribution in [-0.2, 0) is 0 Å². The molecule has 0 aliphatic carbocycles. The van der Waals surface area contributed by atoms with Gasteiger partial charge in [0.15, 0.2) is 0 Å². The second-order valence-electron chi connectivity index (χ2n) is 17.3. The maximum Gasteiger partial charge on any atom is 0.0708 e. The predicted molar refractivity (Wildman–Crippen MR) is 273 cm³/mol. The number of aromatic nitrogens is 4. The van der Waals surface area contributed by atoms with Gasteiger partial charge in [-0.1, -0.05) is 127 Å². The second-order valence-corrected chi connectivity index (χ2v) is 17.3. The van der Waals surface area contributed by atoms with Gasteiger partial charge in [-0.25, -0.2) is 0 Å². The number of hydrogen-bond donors (Lipinski definition) is 0. The van der Waals surface area contributed by atoms with Gasteiger partial charge in [-0.2, -0.15) is 0 Å². The molecule has 0 saturated heterocycles. The molecule has 0 unspecified atom stereocenters. The van der Waals surface area contributed by atoms with E-state index in [2.05, 4.69) is 240 Å². The molecule has 0 spiro atoms. The highest BCUT2D eigenvalue weighted by Crippen LogP contribution is 2.39. The fourth-order valence-corrected chi connectivity index (χ4v) is 10.5. The molecule has 13 aromatic rings. The monoisotopic (exact) mass is 830 g/mol. The van der Waals surface area contributed by atoms with Crippen LogP contribution in [0.3, 0.4) is 0 Å². The molecule has 0 radical (unpaired) electrons. The molecular weight excluding hydrogens is 789 g/mol. The summed E-state index contributed by atoms with van der Waals surface area (Å²) in [5.41, 5.74) is 19.7. The van der Waals surface area contributed by atoms with Crippen molar-refractivity contribution in [2.75, 3.05) is 0 Å². The molecule has 306 valence electrons. The smallest absolute Gasteiger partial charge is 0.0708 e. The summed E-state index contributed by atoms with van der Waals surface area (Å²) in [4.78, 5) is 5.03. The van der Waals surface area contributed by atoms with Gasteiger partial charge in [0.25, 0.3) is 0 Å². The van der Waals surface area contributed by atoms with Gasteiger partial charge in [0.05, 0.1) is 38.8 Å². The quantitative estimate of drug-likeness (QED) is 0.164. The first-order chi connectivity index (χ1) is 32.1. The number of para-hydroxylation sites is 5. The van der Waals surface area contributed by atoms with Crippen LogP contribution in [0.2, 0.25) is 0 Å². The third kappa shape index (κ3) is 5.81. The van der Waals surface area contributed by atoms with E-state index in [0.717, 1.165) is 33.9 Å². The van der Waals surface area contributed by atoms with Crippen LogP contribution in [0.1, 0.15) is 11.1 Å². The van der Waals surface area contributed by atoms with Gasteiger partial charge in [-0.05, 0) is 132 Å². The molecule has 0 N–H and O–H groups in total. The first kappa shape index (κ1) is 37.1. The second kappa shape index (κ2) is 14.5. The van der Waals surface area contributed by atoms with Crippen molar-refractivity contribution in [3.8, 4) is 50.6 Å². The van der Waals surface area contributed by atoms with Gasteiger partial charge < -0.3 is 13.7 Å². The Kier molecular flexibility index (Phi) is 8.31. The van der Waals surface area contributed by atoms with E-state index >= 15 is 0 Å². The first-order valence-electron chi connectivity index (χ1n) is 22.4. The molecule has 0 aliphatic rings. The van der Waals surface area contributed by atoms with E-state index in [1.807, 2.05) is 6.20 Å². The van der Waals surface area contributed by atoms with Crippen molar-refractivity contribution in [1.29, 1.82) is 0 Å². The molecule has 0 amide bonds. The molecule has 0 bridgehead atoms. The highest BCUT2D eigenvalue weighted by Gasteiger charge is 2.18. The number of hydrogen-bond acceptors (Lipinski definition) is 1. The van der Waals surface area contributed by atoms with E-state index in [1.165, 1.54) is 93.2 Å². The fraction of sp³-hybridized carbons (Fsp3) is 0.0328. The third-order valence-electron chi connectivity index (χ3n) is 13.5. The SMILES string of the molecule is Cc1ccc(-c2cc(-c3cccc(-n4c5ccccc5c5ccccc54)c3)c(C)cn2)cc1-c1cccc(-n2c3ccccc3c3cc(-n4c5ccccc5c5ccccc54)ccc32)c1. The van der Waals surface area contributed by atoms with Gasteiger partial charge >= 0.3 is 0 Å². The molecule has 65 heavy (non-hydrogen) atoms. The molecule has 9 aromatic carbocycles. The standard InChI is InChI=1S/C61H42N4/c1-39-29-30-43(55-37-53(40(2)38-62-55)42-16-14-17-44(34-42)63-56-24-8-3-19-47(56)48-20-4-9-25-57(48)63)35-52(39)41-15-13-18-45(33-41)64-60-28-12-7-23-51(60)54-36-46(31-32-61(54)64)65-58-26-10-5-21-49(58)50-22-6-11-27-59(50)65/h3-38H,1-2H3. The minimum absolute atomic E-state index is 0.951. The number of fused-ring (bicyclic) bond motifs is 9. The van der Waals surface area contributed by atoms with Crippen molar-refractivity contribution in [2.45, 2.75) is 13.8 Å². The van der Waals surface area contributed by atoms with Crippen molar-refractivity contribution in [3.05, 3.63) is 230 Å². The van der Waals surface area contributed by atoms with E-state index in [1.54, 1.807) is 0 Å². The van der Waals surface area contributed by atoms with E-state index < -0.39 is 0 Å². The maximum atomic E-state index is 5.03. The summed E-state index contributed by atoms with van der Waals surface area (Å²) in [7, 11) is 0. The lowest BCUT2D eigenvalue weighted by Gasteiger charge is -2.15. The van der Waals surface area contributed by atoms with Crippen LogP contribution in [0, 0.1) is 13.8 Å². The zero-order chi connectivity index (χ0) is 43.2. The Morgan fingerprint density at radius 1 is 0.292 bits per heavy atom. The summed E-state index contributed by atoms with van der Waals surface area (Å²) in [6, 6.07) is 77.5. The Bertz CT molecular complexity index is 3940. The summed E-state index contributed by atoms with van der Waals surface area (Å²) in [6.07, 6.45) is 2.02. The van der Waals surface area contributed by atoms with Crippen LogP contribution in [0.4, 0.5) is 0 Å². The largest absolute Gasteiger partial charge is 0.309 e. The molecule has 4 nitrogen and oxygen atoms in total. The molecule has 4 heteroatoms. The van der Waals surface area contributed by atoms with E-state index in [4.69, 9.17) is 4.98 Å². The molecule has 0 atom stereocenters. The van der Waals surface area contributed by atoms with Crippen molar-refractivity contribution in [1.82, 2.24) is 18.7 Å². The van der Waals surface area contributed by atoms with Crippen LogP contribution in [0.15, 0.2) is 219 Å². The Morgan fingerprint density at radius 3 is 1.20 bits per heavy atom. The summed E-state index contributed by atoms with van der Waals surface area (Å²) in [5, 5.41) is 7.51. The van der Waals surface area contributed by atoms with Crippen LogP contribution in [-0.4, -0.2) is 18.7 Å². The lowest BCUT2D eigenvalue weighted by atomic mass is 9.94. The minimum atomic E-state index is 0.951. The van der Waals surface area contributed by atoms with E-state index in [9.17, 15) is 0 Å². The number of nitrogens with zero attached hydrogens (tertiary/aromatic N) is 4. The van der Waals surface area contributed by atoms with E-state index in [-0.39, 0.29) is 0 Å². The number of rotatable bonds is 6. The van der Waals surface area contributed by atoms with Gasteiger partial charge in [0, 0.05) is 61.1 Å². The maximum absolute atomic E-state index is 5.03. The summed E-state index contributed by atoms with van der Waals surface area (Å²) < 4.78 is 7.21. The average Bonchev–Trinajstić information content (AvgIpc) is 4.00. The van der Waals surface area contributed by atoms with E-state index in [0.29, 0.717) is 0 Å². The predicted octanol–water partition coefficient (Wildman–Crippen LogP) is 16.0. The molecule has 0 aliphatic heterocycles. The molecule has 13 rings (SSSR count). The van der Waals surface area contributed by atoms with Gasteiger partial charge in [-0.3, -0.25) is 4.98 Å². The van der Waals surface area contributed by atoms with Gasteiger partial charge in [0.1, 0.15) is 0 Å². The number of aryl methyl sites for hydroxylation is 2. The Hall–Kier alpha value is -8.47. The van der Waals surface area contributed by atoms with Gasteiger partial charge in [0.2, 0.25) is 0 Å². The normalized spacial score (nSPS) is 11.8. The fourth-order valence-electron chi connectivity index (χ4n) is 10.5. The lowest BCUT2D eigenvalue weighted by molar-refractivity contribution is 1.16. The minimum Gasteiger partial charge on any atom is -0.309 e. The Balaban J connectivity index is 0.891. The highest BCUT2D eigenvalue weighted by molar-refractivity contribution is 6.13. The summed E-state index contributed by atoms with van der Waals surface area (Å²) >= 11 is 0. The van der Waals surface area contributed by atoms with Crippen molar-refractivity contribution in [2.24, 2.45) is 0 Å². The Labute approximate surface area is 376 Å². The number of benzene rings is 9. The molecule has 4 heterocycles. The lowest BCUT2D eigenvalue weighted by Crippen LogP contribution is -1.97. The summed E-state index contributed by atoms with van der Waals surface area (Å²) in [5.74, 6) is 0. The van der Waals surface area contributed by atoms with Crippen LogP contribution in [0.25, 0.3) is 116 Å². The summed E-state index contributed by atoms with van der Waals surface area (Å²) in [6.45, 7) is 4.36. The zero-order valence-electron chi connectivity index (χ0n) is 36.1. The van der Waals surface area contributed by atoms with Crippen LogP contribution >= 0.6 is 0 Å². The highest BCUT2D eigenvalue weighted by atomic mass is 15.0. The third-order valence-corrected chi connectivity index (χ3v) is 13.5. The van der Waals surface area contributed by atoms with Crippen molar-refractivity contribution in [3.63, 3.8) is 0 Å². The Morgan fingerprint density at radius 2 is 0.708 bits per heavy atom. The molecular formula is C61H42N4. The van der Waals surface area contributed by atoms with Crippen molar-refractivity contribution < 1.29 is 0 Å². The molecule has 4 aromatic heterocycles. The topological polar surface area (TPSA) is 27.7 Å². The molecule has 0 saturated carbocycles. The zero-order valence-corrected chi connectivity index (χ0v) is 36.1. The van der Waals surface area contributed by atoms with Gasteiger partial charge in [-0.15, -0.1) is 0 Å². The molecule has 0 fully saturated rings. The van der Waals surface area contributed by atoms with Crippen LogP contribution in [0.5, 0.6) is 0 Å².